The van der Waals surface area contributed by atoms with Crippen molar-refractivity contribution in [1.82, 2.24) is 4.90 Å². The Morgan fingerprint density at radius 1 is 1.11 bits per heavy atom. The molecule has 0 bridgehead atoms. The topological polar surface area (TPSA) is 21.7 Å². The Morgan fingerprint density at radius 3 is 2.33 bits per heavy atom. The van der Waals surface area contributed by atoms with Crippen LogP contribution in [0.4, 0.5) is 0 Å². The third-order valence-electron chi connectivity index (χ3n) is 3.05. The summed E-state index contributed by atoms with van der Waals surface area (Å²) in [4.78, 5) is 2.21. The number of benzene rings is 1. The van der Waals surface area contributed by atoms with Crippen LogP contribution in [0.2, 0.25) is 0 Å². The van der Waals surface area contributed by atoms with Crippen LogP contribution in [-0.2, 0) is 6.42 Å². The predicted molar refractivity (Wildman–Crippen MR) is 75.6 cm³/mol. The summed E-state index contributed by atoms with van der Waals surface area (Å²) in [5.41, 5.74) is 1.24. The average Bonchev–Trinajstić information content (AvgIpc) is 2.33. The summed E-state index contributed by atoms with van der Waals surface area (Å²) in [5.74, 6) is 1.82. The van der Waals surface area contributed by atoms with Crippen LogP contribution in [0.3, 0.4) is 0 Å². The van der Waals surface area contributed by atoms with Gasteiger partial charge in [0.2, 0.25) is 0 Å². The van der Waals surface area contributed by atoms with Crippen LogP contribution in [0.5, 0.6) is 11.5 Å². The zero-order chi connectivity index (χ0) is 13.5. The molecule has 0 fully saturated rings. The molecule has 1 atom stereocenters. The summed E-state index contributed by atoms with van der Waals surface area (Å²) < 4.78 is 11.2. The highest BCUT2D eigenvalue weighted by molar-refractivity contribution is 5.41. The van der Waals surface area contributed by atoms with Gasteiger partial charge in [-0.15, -0.1) is 0 Å². The van der Waals surface area contributed by atoms with Crippen molar-refractivity contribution < 1.29 is 9.47 Å². The third kappa shape index (κ3) is 4.22. The Labute approximate surface area is 111 Å². The maximum atomic E-state index is 5.71. The highest BCUT2D eigenvalue weighted by Gasteiger charge is 2.11. The first-order valence-electron chi connectivity index (χ1n) is 6.63. The van der Waals surface area contributed by atoms with Crippen molar-refractivity contribution in [2.24, 2.45) is 0 Å². The molecule has 0 aliphatic heterocycles. The molecule has 1 unspecified atom stereocenters. The standard InChI is InChI=1S/C15H25NO2/c1-6-17-14-9-8-13(10-12(3)16(4)5)15(11-14)18-7-2/h8-9,11-12H,6-7,10H2,1-5H3. The Bertz CT molecular complexity index is 364. The van der Waals surface area contributed by atoms with Gasteiger partial charge in [-0.2, -0.15) is 0 Å². The molecular formula is C15H25NO2. The molecule has 0 aliphatic rings. The van der Waals surface area contributed by atoms with Gasteiger partial charge >= 0.3 is 0 Å². The van der Waals surface area contributed by atoms with Crippen molar-refractivity contribution in [2.75, 3.05) is 27.3 Å². The normalized spacial score (nSPS) is 12.6. The Morgan fingerprint density at radius 2 is 1.78 bits per heavy atom. The van der Waals surface area contributed by atoms with E-state index in [1.54, 1.807) is 0 Å². The molecule has 102 valence electrons. The fraction of sp³-hybridized carbons (Fsp3) is 0.600. The number of hydrogen-bond acceptors (Lipinski definition) is 3. The lowest BCUT2D eigenvalue weighted by Gasteiger charge is -2.21. The molecule has 1 aromatic carbocycles. The van der Waals surface area contributed by atoms with E-state index in [1.807, 2.05) is 26.0 Å². The summed E-state index contributed by atoms with van der Waals surface area (Å²) in [7, 11) is 4.19. The van der Waals surface area contributed by atoms with E-state index in [2.05, 4.69) is 32.0 Å². The van der Waals surface area contributed by atoms with Gasteiger partial charge in [-0.05, 0) is 52.9 Å². The fourth-order valence-corrected chi connectivity index (χ4v) is 1.75. The van der Waals surface area contributed by atoms with Crippen molar-refractivity contribution in [1.29, 1.82) is 0 Å². The molecule has 0 saturated carbocycles. The van der Waals surface area contributed by atoms with Crippen LogP contribution < -0.4 is 9.47 Å². The molecule has 18 heavy (non-hydrogen) atoms. The van der Waals surface area contributed by atoms with Gasteiger partial charge in [-0.1, -0.05) is 6.07 Å². The molecule has 3 nitrogen and oxygen atoms in total. The SMILES string of the molecule is CCOc1ccc(CC(C)N(C)C)c(OCC)c1. The number of ether oxygens (including phenoxy) is 2. The van der Waals surface area contributed by atoms with E-state index >= 15 is 0 Å². The van der Waals surface area contributed by atoms with E-state index in [0.29, 0.717) is 19.3 Å². The van der Waals surface area contributed by atoms with Crippen molar-refractivity contribution in [3.8, 4) is 11.5 Å². The molecule has 1 rings (SSSR count). The summed E-state index contributed by atoms with van der Waals surface area (Å²) in [6.07, 6.45) is 0.981. The van der Waals surface area contributed by atoms with Gasteiger partial charge in [-0.25, -0.2) is 0 Å². The second kappa shape index (κ2) is 7.27. The highest BCUT2D eigenvalue weighted by Crippen LogP contribution is 2.26. The maximum Gasteiger partial charge on any atom is 0.126 e. The van der Waals surface area contributed by atoms with Crippen LogP contribution in [0, 0.1) is 0 Å². The van der Waals surface area contributed by atoms with Crippen molar-refractivity contribution >= 4 is 0 Å². The van der Waals surface area contributed by atoms with Crippen LogP contribution in [-0.4, -0.2) is 38.3 Å². The van der Waals surface area contributed by atoms with E-state index < -0.39 is 0 Å². The Balaban J connectivity index is 2.88. The van der Waals surface area contributed by atoms with Gasteiger partial charge in [-0.3, -0.25) is 0 Å². The first kappa shape index (κ1) is 14.8. The van der Waals surface area contributed by atoms with E-state index in [0.717, 1.165) is 17.9 Å². The Kier molecular flexibility index (Phi) is 5.99. The monoisotopic (exact) mass is 251 g/mol. The molecule has 0 saturated heterocycles. The van der Waals surface area contributed by atoms with Crippen LogP contribution in [0.1, 0.15) is 26.3 Å². The first-order chi connectivity index (χ1) is 8.58. The zero-order valence-corrected chi connectivity index (χ0v) is 12.2. The molecule has 0 N–H and O–H groups in total. The second-order valence-corrected chi connectivity index (χ2v) is 4.65. The van der Waals surface area contributed by atoms with Gasteiger partial charge in [0.15, 0.2) is 0 Å². The van der Waals surface area contributed by atoms with Gasteiger partial charge in [0.05, 0.1) is 13.2 Å². The number of hydrogen-bond donors (Lipinski definition) is 0. The lowest BCUT2D eigenvalue weighted by Crippen LogP contribution is -2.26. The lowest BCUT2D eigenvalue weighted by molar-refractivity contribution is 0.298. The number of nitrogens with zero attached hydrogens (tertiary/aromatic N) is 1. The van der Waals surface area contributed by atoms with Crippen LogP contribution in [0.25, 0.3) is 0 Å². The maximum absolute atomic E-state index is 5.71. The van der Waals surface area contributed by atoms with Gasteiger partial charge in [0, 0.05) is 12.1 Å². The molecule has 1 aromatic rings. The van der Waals surface area contributed by atoms with E-state index in [1.165, 1.54) is 5.56 Å². The smallest absolute Gasteiger partial charge is 0.126 e. The summed E-state index contributed by atoms with van der Waals surface area (Å²) in [6.45, 7) is 7.57. The molecule has 0 aromatic heterocycles. The van der Waals surface area contributed by atoms with E-state index in [-0.39, 0.29) is 0 Å². The number of rotatable bonds is 7. The first-order valence-corrected chi connectivity index (χ1v) is 6.63. The minimum atomic E-state index is 0.488. The van der Waals surface area contributed by atoms with Gasteiger partial charge in [0.1, 0.15) is 11.5 Å². The van der Waals surface area contributed by atoms with Crippen molar-refractivity contribution in [3.05, 3.63) is 23.8 Å². The van der Waals surface area contributed by atoms with E-state index in [4.69, 9.17) is 9.47 Å². The van der Waals surface area contributed by atoms with Crippen molar-refractivity contribution in [3.63, 3.8) is 0 Å². The molecule has 0 amide bonds. The Hall–Kier alpha value is -1.22. The predicted octanol–water partition coefficient (Wildman–Crippen LogP) is 2.98. The summed E-state index contributed by atoms with van der Waals surface area (Å²) in [5, 5.41) is 0. The van der Waals surface area contributed by atoms with Crippen LogP contribution >= 0.6 is 0 Å². The largest absolute Gasteiger partial charge is 0.494 e. The van der Waals surface area contributed by atoms with E-state index in [9.17, 15) is 0 Å². The van der Waals surface area contributed by atoms with Gasteiger partial charge < -0.3 is 14.4 Å². The van der Waals surface area contributed by atoms with Gasteiger partial charge in [0.25, 0.3) is 0 Å². The summed E-state index contributed by atoms with van der Waals surface area (Å²) >= 11 is 0. The third-order valence-corrected chi connectivity index (χ3v) is 3.05. The van der Waals surface area contributed by atoms with Crippen LogP contribution in [0.15, 0.2) is 18.2 Å². The molecule has 0 aliphatic carbocycles. The zero-order valence-electron chi connectivity index (χ0n) is 12.2. The van der Waals surface area contributed by atoms with Crippen molar-refractivity contribution in [2.45, 2.75) is 33.2 Å². The minimum Gasteiger partial charge on any atom is -0.494 e. The average molecular weight is 251 g/mol. The molecule has 0 radical (unpaired) electrons. The quantitative estimate of drug-likeness (QED) is 0.743. The summed E-state index contributed by atoms with van der Waals surface area (Å²) in [6, 6.07) is 6.60. The molecule has 0 heterocycles. The molecule has 0 spiro atoms. The minimum absolute atomic E-state index is 0.488. The highest BCUT2D eigenvalue weighted by atomic mass is 16.5. The number of likely N-dealkylation sites (N-methyl/N-ethyl adjacent to an activating group) is 1. The lowest BCUT2D eigenvalue weighted by atomic mass is 10.1. The fourth-order valence-electron chi connectivity index (χ4n) is 1.75. The molecule has 3 heteroatoms. The molecular weight excluding hydrogens is 226 g/mol. The second-order valence-electron chi connectivity index (χ2n) is 4.65.